The van der Waals surface area contributed by atoms with Crippen molar-refractivity contribution in [3.63, 3.8) is 0 Å². The van der Waals surface area contributed by atoms with Crippen LogP contribution >= 0.6 is 24.0 Å². The largest absolute Gasteiger partial charge is 0.379 e. The summed E-state index contributed by atoms with van der Waals surface area (Å²) < 4.78 is 5.48. The minimum absolute atomic E-state index is 0. The van der Waals surface area contributed by atoms with Crippen molar-refractivity contribution >= 4 is 29.9 Å². The van der Waals surface area contributed by atoms with Crippen molar-refractivity contribution in [2.75, 3.05) is 52.5 Å². The minimum atomic E-state index is 0. The van der Waals surface area contributed by atoms with Crippen LogP contribution in [0.1, 0.15) is 51.9 Å². The highest BCUT2D eigenvalue weighted by molar-refractivity contribution is 14.0. The lowest BCUT2D eigenvalue weighted by Crippen LogP contribution is -2.43. The van der Waals surface area contributed by atoms with Gasteiger partial charge in [-0.15, -0.1) is 24.0 Å². The second-order valence-electron chi connectivity index (χ2n) is 8.86. The SMILES string of the molecule is CCN=C(NC1CC1C1CCCCC1)N1CCC(CN2CCOCC2)C1.I. The maximum absolute atomic E-state index is 5.48. The maximum Gasteiger partial charge on any atom is 0.194 e. The first kappa shape index (κ1) is 21.6. The molecule has 2 aliphatic carbocycles. The Bertz CT molecular complexity index is 477. The molecule has 6 heteroatoms. The van der Waals surface area contributed by atoms with E-state index in [1.165, 1.54) is 70.5 Å². The van der Waals surface area contributed by atoms with Gasteiger partial charge in [0.1, 0.15) is 0 Å². The third-order valence-corrected chi connectivity index (χ3v) is 6.92. The molecular formula is C21H39IN4O. The van der Waals surface area contributed by atoms with E-state index in [1.807, 2.05) is 0 Å². The first-order valence-electron chi connectivity index (χ1n) is 11.2. The Morgan fingerprint density at radius 3 is 2.59 bits per heavy atom. The van der Waals surface area contributed by atoms with Gasteiger partial charge >= 0.3 is 0 Å². The van der Waals surface area contributed by atoms with Gasteiger partial charge in [0.05, 0.1) is 13.2 Å². The number of aliphatic imine (C=N–C) groups is 1. The van der Waals surface area contributed by atoms with Crippen LogP contribution < -0.4 is 5.32 Å². The summed E-state index contributed by atoms with van der Waals surface area (Å²) in [5.41, 5.74) is 0. The Balaban J connectivity index is 0.00000210. The second-order valence-corrected chi connectivity index (χ2v) is 8.86. The van der Waals surface area contributed by atoms with Crippen LogP contribution in [0, 0.1) is 17.8 Å². The molecule has 4 fully saturated rings. The summed E-state index contributed by atoms with van der Waals surface area (Å²) in [4.78, 5) is 9.96. The second kappa shape index (κ2) is 10.6. The molecular weight excluding hydrogens is 451 g/mol. The number of likely N-dealkylation sites (tertiary alicyclic amines) is 1. The summed E-state index contributed by atoms with van der Waals surface area (Å²) in [5, 5.41) is 3.85. The molecule has 0 aromatic heterocycles. The number of hydrogen-bond acceptors (Lipinski definition) is 3. The molecule has 2 saturated heterocycles. The molecule has 0 aromatic rings. The van der Waals surface area contributed by atoms with Gasteiger partial charge in [0.2, 0.25) is 0 Å². The van der Waals surface area contributed by atoms with Gasteiger partial charge in [-0.25, -0.2) is 0 Å². The fraction of sp³-hybridized carbons (Fsp3) is 0.952. The van der Waals surface area contributed by atoms with E-state index in [-0.39, 0.29) is 24.0 Å². The van der Waals surface area contributed by atoms with E-state index in [0.29, 0.717) is 6.04 Å². The van der Waals surface area contributed by atoms with E-state index >= 15 is 0 Å². The van der Waals surface area contributed by atoms with E-state index in [0.717, 1.165) is 50.6 Å². The van der Waals surface area contributed by atoms with Crippen molar-refractivity contribution in [2.24, 2.45) is 22.7 Å². The standard InChI is InChI=1S/C21H38N4O.HI/c1-2-22-21(23-20-14-19(20)18-6-4-3-5-7-18)25-9-8-17(16-25)15-24-10-12-26-13-11-24;/h17-20H,2-16H2,1H3,(H,22,23);1H. The number of guanidine groups is 1. The lowest BCUT2D eigenvalue weighted by molar-refractivity contribution is 0.0315. The Morgan fingerprint density at radius 2 is 1.85 bits per heavy atom. The number of ether oxygens (including phenoxy) is 1. The first-order valence-corrected chi connectivity index (χ1v) is 11.2. The molecule has 2 saturated carbocycles. The Kier molecular flexibility index (Phi) is 8.51. The molecule has 0 spiro atoms. The molecule has 4 aliphatic rings. The molecule has 4 rings (SSSR count). The van der Waals surface area contributed by atoms with Crippen LogP contribution in [0.15, 0.2) is 4.99 Å². The van der Waals surface area contributed by atoms with E-state index in [9.17, 15) is 0 Å². The lowest BCUT2D eigenvalue weighted by Gasteiger charge is -2.29. The number of nitrogens with one attached hydrogen (secondary N) is 1. The predicted octanol–water partition coefficient (Wildman–Crippen LogP) is 3.19. The third-order valence-electron chi connectivity index (χ3n) is 6.92. The van der Waals surface area contributed by atoms with Crippen LogP contribution in [0.25, 0.3) is 0 Å². The normalized spacial score (nSPS) is 33.0. The van der Waals surface area contributed by atoms with Crippen LogP contribution in [0.5, 0.6) is 0 Å². The molecule has 3 atom stereocenters. The Morgan fingerprint density at radius 1 is 1.07 bits per heavy atom. The highest BCUT2D eigenvalue weighted by atomic mass is 127. The summed E-state index contributed by atoms with van der Waals surface area (Å²) in [6, 6.07) is 0.696. The molecule has 156 valence electrons. The fourth-order valence-corrected chi connectivity index (χ4v) is 5.34. The van der Waals surface area contributed by atoms with Gasteiger partial charge in [-0.2, -0.15) is 0 Å². The monoisotopic (exact) mass is 490 g/mol. The molecule has 2 aliphatic heterocycles. The number of nitrogens with zero attached hydrogens (tertiary/aromatic N) is 3. The van der Waals surface area contributed by atoms with Gasteiger partial charge in [0.15, 0.2) is 5.96 Å². The van der Waals surface area contributed by atoms with Gasteiger partial charge in [0, 0.05) is 45.3 Å². The number of hydrogen-bond donors (Lipinski definition) is 1. The van der Waals surface area contributed by atoms with Gasteiger partial charge in [0.25, 0.3) is 0 Å². The lowest BCUT2D eigenvalue weighted by atomic mass is 9.85. The highest BCUT2D eigenvalue weighted by Crippen LogP contribution is 2.44. The van der Waals surface area contributed by atoms with Crippen LogP contribution in [-0.2, 0) is 4.74 Å². The zero-order chi connectivity index (χ0) is 17.8. The topological polar surface area (TPSA) is 40.1 Å². The van der Waals surface area contributed by atoms with Crippen molar-refractivity contribution in [3.05, 3.63) is 0 Å². The highest BCUT2D eigenvalue weighted by Gasteiger charge is 2.44. The van der Waals surface area contributed by atoms with Crippen molar-refractivity contribution in [3.8, 4) is 0 Å². The first-order chi connectivity index (χ1) is 12.8. The minimum Gasteiger partial charge on any atom is -0.379 e. The van der Waals surface area contributed by atoms with E-state index in [1.54, 1.807) is 0 Å². The van der Waals surface area contributed by atoms with Crippen molar-refractivity contribution < 1.29 is 4.74 Å². The number of morpholine rings is 1. The smallest absolute Gasteiger partial charge is 0.194 e. The van der Waals surface area contributed by atoms with Gasteiger partial charge in [-0.3, -0.25) is 9.89 Å². The molecule has 5 nitrogen and oxygen atoms in total. The molecule has 2 heterocycles. The van der Waals surface area contributed by atoms with Crippen molar-refractivity contribution in [2.45, 2.75) is 57.9 Å². The average Bonchev–Trinajstić information content (AvgIpc) is 3.30. The van der Waals surface area contributed by atoms with Crippen molar-refractivity contribution in [1.29, 1.82) is 0 Å². The zero-order valence-electron chi connectivity index (χ0n) is 17.1. The van der Waals surface area contributed by atoms with Gasteiger partial charge in [-0.1, -0.05) is 32.1 Å². The van der Waals surface area contributed by atoms with Gasteiger partial charge < -0.3 is 15.0 Å². The van der Waals surface area contributed by atoms with Crippen LogP contribution in [0.2, 0.25) is 0 Å². The average molecular weight is 490 g/mol. The zero-order valence-corrected chi connectivity index (χ0v) is 19.4. The summed E-state index contributed by atoms with van der Waals surface area (Å²) in [6.07, 6.45) is 9.99. The van der Waals surface area contributed by atoms with E-state index < -0.39 is 0 Å². The molecule has 27 heavy (non-hydrogen) atoms. The third kappa shape index (κ3) is 5.95. The van der Waals surface area contributed by atoms with Crippen LogP contribution in [0.3, 0.4) is 0 Å². The Labute approximate surface area is 182 Å². The molecule has 0 aromatic carbocycles. The van der Waals surface area contributed by atoms with Crippen LogP contribution in [-0.4, -0.2) is 74.3 Å². The Hall–Kier alpha value is -0.0800. The molecule has 0 radical (unpaired) electrons. The molecule has 0 bridgehead atoms. The van der Waals surface area contributed by atoms with E-state index in [2.05, 4.69) is 22.0 Å². The predicted molar refractivity (Wildman–Crippen MR) is 122 cm³/mol. The molecule has 1 N–H and O–H groups in total. The van der Waals surface area contributed by atoms with Crippen LogP contribution in [0.4, 0.5) is 0 Å². The summed E-state index contributed by atoms with van der Waals surface area (Å²) >= 11 is 0. The summed E-state index contributed by atoms with van der Waals surface area (Å²) in [5.74, 6) is 3.88. The summed E-state index contributed by atoms with van der Waals surface area (Å²) in [7, 11) is 0. The maximum atomic E-state index is 5.48. The van der Waals surface area contributed by atoms with Gasteiger partial charge in [-0.05, 0) is 37.5 Å². The molecule has 3 unspecified atom stereocenters. The van der Waals surface area contributed by atoms with Crippen molar-refractivity contribution in [1.82, 2.24) is 15.1 Å². The molecule has 0 amide bonds. The number of rotatable bonds is 5. The number of halogens is 1. The fourth-order valence-electron chi connectivity index (χ4n) is 5.34. The van der Waals surface area contributed by atoms with E-state index in [4.69, 9.17) is 9.73 Å². The summed E-state index contributed by atoms with van der Waals surface area (Å²) in [6.45, 7) is 10.6. The quantitative estimate of drug-likeness (QED) is 0.365.